The number of fused-ring (bicyclic) bond motifs is 8. The van der Waals surface area contributed by atoms with Crippen LogP contribution < -0.4 is 0 Å². The first-order valence-corrected chi connectivity index (χ1v) is 15.9. The van der Waals surface area contributed by atoms with Crippen molar-refractivity contribution < 1.29 is 4.42 Å². The Morgan fingerprint density at radius 3 is 1.83 bits per heavy atom. The molecule has 4 aromatic heterocycles. The summed E-state index contributed by atoms with van der Waals surface area (Å²) in [7, 11) is 0. The average Bonchev–Trinajstić information content (AvgIpc) is 3.71. The van der Waals surface area contributed by atoms with E-state index in [0.29, 0.717) is 17.4 Å². The van der Waals surface area contributed by atoms with Gasteiger partial charge in [-0.2, -0.15) is 0 Å². The molecule has 4 heterocycles. The highest BCUT2D eigenvalue weighted by atomic mass is 16.3. The third-order valence-electron chi connectivity index (χ3n) is 9.03. The summed E-state index contributed by atoms with van der Waals surface area (Å²) in [6, 6.07) is 51.4. The topological polar surface area (TPSA) is 69.6 Å². The number of benzene rings is 6. The second kappa shape index (κ2) is 10.4. The van der Waals surface area contributed by atoms with E-state index in [0.717, 1.165) is 77.3 Å². The normalized spacial score (nSPS) is 11.8. The maximum Gasteiger partial charge on any atom is 0.235 e. The van der Waals surface area contributed by atoms with Gasteiger partial charge >= 0.3 is 0 Å². The Labute approximate surface area is 274 Å². The van der Waals surface area contributed by atoms with Gasteiger partial charge in [0.15, 0.2) is 11.4 Å². The summed E-state index contributed by atoms with van der Waals surface area (Å²) in [6.45, 7) is 0. The molecule has 0 saturated heterocycles. The summed E-state index contributed by atoms with van der Waals surface area (Å²) >= 11 is 0. The van der Waals surface area contributed by atoms with Crippen LogP contribution in [0.2, 0.25) is 0 Å². The summed E-state index contributed by atoms with van der Waals surface area (Å²) in [5.41, 5.74) is 9.49. The Hall–Kier alpha value is -6.66. The highest BCUT2D eigenvalue weighted by Crippen LogP contribution is 2.42. The van der Waals surface area contributed by atoms with Gasteiger partial charge in [0, 0.05) is 32.8 Å². The molecule has 0 aliphatic carbocycles. The van der Waals surface area contributed by atoms with Gasteiger partial charge in [-0.1, -0.05) is 127 Å². The first-order chi connectivity index (χ1) is 23.8. The van der Waals surface area contributed by atoms with Crippen molar-refractivity contribution >= 4 is 54.8 Å². The van der Waals surface area contributed by atoms with Crippen LogP contribution in [0, 0.1) is 0 Å². The average molecular weight is 616 g/mol. The Kier molecular flexibility index (Phi) is 5.77. The predicted octanol–water partition coefficient (Wildman–Crippen LogP) is 10.4. The van der Waals surface area contributed by atoms with Crippen molar-refractivity contribution in [1.82, 2.24) is 24.5 Å². The molecule has 10 rings (SSSR count). The van der Waals surface area contributed by atoms with E-state index in [1.807, 2.05) is 84.9 Å². The first kappa shape index (κ1) is 26.5. The highest BCUT2D eigenvalue weighted by Gasteiger charge is 2.24. The number of hydrogen-bond donors (Lipinski definition) is 0. The van der Waals surface area contributed by atoms with E-state index in [4.69, 9.17) is 24.4 Å². The highest BCUT2D eigenvalue weighted by molar-refractivity contribution is 6.24. The van der Waals surface area contributed by atoms with Crippen molar-refractivity contribution in [3.63, 3.8) is 0 Å². The number of nitrogens with zero attached hydrogens (tertiary/aromatic N) is 5. The summed E-state index contributed by atoms with van der Waals surface area (Å²) in [6.07, 6.45) is 0. The van der Waals surface area contributed by atoms with Crippen molar-refractivity contribution in [2.24, 2.45) is 0 Å². The Balaban J connectivity index is 1.38. The standard InChI is InChI=1S/C42H25N5O/c1-4-14-26(15-5-1)36-31-21-10-12-22-32(31)43-42(46-36)47-33-23-13-11-20-29(33)30-24-25-34-35(39(30)47)38-40(48-34)37(27-16-6-2-7-17-27)44-41(45-38)28-18-8-3-9-19-28/h1-25H. The second-order valence-electron chi connectivity index (χ2n) is 11.9. The minimum absolute atomic E-state index is 0.584. The van der Waals surface area contributed by atoms with Crippen molar-refractivity contribution in [2.75, 3.05) is 0 Å². The van der Waals surface area contributed by atoms with Crippen LogP contribution in [0.15, 0.2) is 156 Å². The Morgan fingerprint density at radius 1 is 0.458 bits per heavy atom. The molecular formula is C42H25N5O. The van der Waals surface area contributed by atoms with Crippen LogP contribution in [0.4, 0.5) is 0 Å². The molecule has 0 bridgehead atoms. The van der Waals surface area contributed by atoms with Gasteiger partial charge in [-0.3, -0.25) is 4.57 Å². The van der Waals surface area contributed by atoms with Crippen LogP contribution >= 0.6 is 0 Å². The first-order valence-electron chi connectivity index (χ1n) is 15.9. The summed E-state index contributed by atoms with van der Waals surface area (Å²) < 4.78 is 8.88. The van der Waals surface area contributed by atoms with Gasteiger partial charge in [0.05, 0.1) is 27.6 Å². The van der Waals surface area contributed by atoms with Gasteiger partial charge in [0.1, 0.15) is 16.8 Å². The van der Waals surface area contributed by atoms with Crippen molar-refractivity contribution in [3.8, 4) is 39.9 Å². The van der Waals surface area contributed by atoms with E-state index in [1.165, 1.54) is 0 Å². The minimum atomic E-state index is 0.584. The van der Waals surface area contributed by atoms with E-state index in [9.17, 15) is 0 Å². The van der Waals surface area contributed by atoms with Crippen LogP contribution in [0.1, 0.15) is 0 Å². The quantitative estimate of drug-likeness (QED) is 0.197. The molecule has 6 aromatic carbocycles. The molecule has 0 amide bonds. The molecule has 0 N–H and O–H groups in total. The van der Waals surface area contributed by atoms with E-state index in [2.05, 4.69) is 71.3 Å². The molecule has 0 aliphatic rings. The molecule has 0 fully saturated rings. The zero-order valence-corrected chi connectivity index (χ0v) is 25.6. The van der Waals surface area contributed by atoms with Crippen LogP contribution in [0.3, 0.4) is 0 Å². The van der Waals surface area contributed by atoms with Gasteiger partial charge < -0.3 is 4.42 Å². The van der Waals surface area contributed by atoms with Crippen molar-refractivity contribution in [2.45, 2.75) is 0 Å². The van der Waals surface area contributed by atoms with Gasteiger partial charge in [-0.05, 0) is 24.3 Å². The number of hydrogen-bond acceptors (Lipinski definition) is 5. The summed E-state index contributed by atoms with van der Waals surface area (Å²) in [4.78, 5) is 20.8. The minimum Gasteiger partial charge on any atom is -0.452 e. The number of rotatable bonds is 4. The molecule has 0 saturated carbocycles. The third-order valence-corrected chi connectivity index (χ3v) is 9.03. The van der Waals surface area contributed by atoms with E-state index >= 15 is 0 Å². The Bertz CT molecular complexity index is 2820. The van der Waals surface area contributed by atoms with E-state index in [-0.39, 0.29) is 0 Å². The van der Waals surface area contributed by atoms with Gasteiger partial charge in [-0.25, -0.2) is 19.9 Å². The molecular weight excluding hydrogens is 590 g/mol. The molecule has 0 atom stereocenters. The molecule has 0 unspecified atom stereocenters. The summed E-state index contributed by atoms with van der Waals surface area (Å²) in [5, 5.41) is 4.07. The molecule has 0 aliphatic heterocycles. The third kappa shape index (κ3) is 3.99. The van der Waals surface area contributed by atoms with Crippen LogP contribution in [-0.4, -0.2) is 24.5 Å². The van der Waals surface area contributed by atoms with Crippen molar-refractivity contribution in [1.29, 1.82) is 0 Å². The fourth-order valence-electron chi connectivity index (χ4n) is 6.88. The van der Waals surface area contributed by atoms with Crippen LogP contribution in [-0.2, 0) is 0 Å². The SMILES string of the molecule is c1ccc(-c2nc(-c3ccccc3)c3oc4ccc5c6ccccc6n(-c6nc(-c7ccccc7)c7ccccc7n6)c5c4c3n2)cc1. The Morgan fingerprint density at radius 2 is 1.08 bits per heavy atom. The van der Waals surface area contributed by atoms with Crippen molar-refractivity contribution in [3.05, 3.63) is 152 Å². The summed E-state index contributed by atoms with van der Waals surface area (Å²) in [5.74, 6) is 1.22. The largest absolute Gasteiger partial charge is 0.452 e. The lowest BCUT2D eigenvalue weighted by Gasteiger charge is -2.12. The fraction of sp³-hybridized carbons (Fsp3) is 0. The lowest BCUT2D eigenvalue weighted by molar-refractivity contribution is 0.667. The van der Waals surface area contributed by atoms with E-state index < -0.39 is 0 Å². The van der Waals surface area contributed by atoms with Gasteiger partial charge in [0.2, 0.25) is 5.95 Å². The smallest absolute Gasteiger partial charge is 0.235 e. The van der Waals surface area contributed by atoms with Gasteiger partial charge in [-0.15, -0.1) is 0 Å². The molecule has 6 nitrogen and oxygen atoms in total. The van der Waals surface area contributed by atoms with E-state index in [1.54, 1.807) is 0 Å². The predicted molar refractivity (Wildman–Crippen MR) is 193 cm³/mol. The van der Waals surface area contributed by atoms with Crippen LogP contribution in [0.25, 0.3) is 94.6 Å². The molecule has 10 aromatic rings. The fourth-order valence-corrected chi connectivity index (χ4v) is 6.88. The van der Waals surface area contributed by atoms with Gasteiger partial charge in [0.25, 0.3) is 0 Å². The monoisotopic (exact) mass is 615 g/mol. The molecule has 0 spiro atoms. The zero-order valence-electron chi connectivity index (χ0n) is 25.6. The molecule has 6 heteroatoms. The van der Waals surface area contributed by atoms with Crippen LogP contribution in [0.5, 0.6) is 0 Å². The zero-order chi connectivity index (χ0) is 31.6. The molecule has 48 heavy (non-hydrogen) atoms. The second-order valence-corrected chi connectivity index (χ2v) is 11.9. The maximum atomic E-state index is 6.71. The maximum absolute atomic E-state index is 6.71. The lowest BCUT2D eigenvalue weighted by Crippen LogP contribution is -2.03. The molecule has 0 radical (unpaired) electrons. The number of aromatic nitrogens is 5. The number of para-hydroxylation sites is 2. The number of furan rings is 1. The molecule has 224 valence electrons. The lowest BCUT2D eigenvalue weighted by atomic mass is 10.1.